The molecule has 1 N–H and O–H groups in total. The fraction of sp³-hybridized carbons (Fsp3) is 0.588. The normalized spacial score (nSPS) is 25.4. The molecule has 2 fully saturated rings. The van der Waals surface area contributed by atoms with Crippen molar-refractivity contribution in [3.63, 3.8) is 0 Å². The summed E-state index contributed by atoms with van der Waals surface area (Å²) in [6.45, 7) is 7.60. The molecule has 0 unspecified atom stereocenters. The van der Waals surface area contributed by atoms with E-state index in [1.54, 1.807) is 0 Å². The quantitative estimate of drug-likeness (QED) is 0.913. The van der Waals surface area contributed by atoms with Gasteiger partial charge in [0.2, 0.25) is 0 Å². The van der Waals surface area contributed by atoms with Crippen LogP contribution in [-0.4, -0.2) is 49.3 Å². The highest BCUT2D eigenvalue weighted by Crippen LogP contribution is 2.29. The molecule has 2 heterocycles. The van der Waals surface area contributed by atoms with Gasteiger partial charge in [-0.25, -0.2) is 4.79 Å². The first-order valence-corrected chi connectivity index (χ1v) is 8.19. The molecule has 5 heteroatoms. The maximum Gasteiger partial charge on any atom is 0.321 e. The number of carbonyl (C=O) groups excluding carboxylic acids is 1. The van der Waals surface area contributed by atoms with Crippen molar-refractivity contribution < 1.29 is 9.53 Å². The van der Waals surface area contributed by atoms with Crippen LogP contribution in [0.3, 0.4) is 0 Å². The number of hydrogen-bond acceptors (Lipinski definition) is 3. The molecular weight excluding hydrogens is 278 g/mol. The molecule has 2 saturated heterocycles. The van der Waals surface area contributed by atoms with Crippen LogP contribution in [-0.2, 0) is 4.74 Å². The summed E-state index contributed by atoms with van der Waals surface area (Å²) in [7, 11) is 0. The molecule has 22 heavy (non-hydrogen) atoms. The molecule has 2 amide bonds. The molecule has 3 rings (SSSR count). The summed E-state index contributed by atoms with van der Waals surface area (Å²) >= 11 is 0. The van der Waals surface area contributed by atoms with Gasteiger partial charge in [0.05, 0.1) is 23.6 Å². The van der Waals surface area contributed by atoms with Crippen LogP contribution in [0.5, 0.6) is 0 Å². The molecule has 5 nitrogen and oxygen atoms in total. The van der Waals surface area contributed by atoms with Crippen molar-refractivity contribution in [2.75, 3.05) is 36.4 Å². The van der Waals surface area contributed by atoms with Crippen molar-refractivity contribution in [1.82, 2.24) is 4.90 Å². The van der Waals surface area contributed by atoms with Crippen molar-refractivity contribution >= 4 is 17.4 Å². The molecule has 120 valence electrons. The maximum absolute atomic E-state index is 12.4. The summed E-state index contributed by atoms with van der Waals surface area (Å²) in [5, 5.41) is 3.08. The first kappa shape index (κ1) is 15.2. The highest BCUT2D eigenvalue weighted by atomic mass is 16.5. The number of urea groups is 1. The molecule has 2 aliphatic heterocycles. The van der Waals surface area contributed by atoms with Crippen LogP contribution >= 0.6 is 0 Å². The Kier molecular flexibility index (Phi) is 4.52. The van der Waals surface area contributed by atoms with Crippen LogP contribution in [0.15, 0.2) is 24.3 Å². The van der Waals surface area contributed by atoms with E-state index in [1.165, 1.54) is 0 Å². The Hall–Kier alpha value is -1.75. The van der Waals surface area contributed by atoms with E-state index in [9.17, 15) is 4.79 Å². The summed E-state index contributed by atoms with van der Waals surface area (Å²) in [6, 6.07) is 8.06. The van der Waals surface area contributed by atoms with Gasteiger partial charge in [0.25, 0.3) is 0 Å². The summed E-state index contributed by atoms with van der Waals surface area (Å²) in [5.74, 6) is 0. The number of nitrogens with one attached hydrogen (secondary N) is 1. The number of benzene rings is 1. The molecule has 1 aromatic carbocycles. The van der Waals surface area contributed by atoms with E-state index in [2.05, 4.69) is 30.1 Å². The smallest absolute Gasteiger partial charge is 0.321 e. The average molecular weight is 303 g/mol. The van der Waals surface area contributed by atoms with Gasteiger partial charge in [-0.3, -0.25) is 0 Å². The minimum Gasteiger partial charge on any atom is -0.372 e. The lowest BCUT2D eigenvalue weighted by atomic mass is 10.1. The third kappa shape index (κ3) is 3.35. The second-order valence-electron chi connectivity index (χ2n) is 6.30. The Morgan fingerprint density at radius 3 is 2.45 bits per heavy atom. The van der Waals surface area contributed by atoms with Crippen LogP contribution in [0, 0.1) is 0 Å². The van der Waals surface area contributed by atoms with Gasteiger partial charge in [-0.05, 0) is 38.8 Å². The Morgan fingerprint density at radius 2 is 1.77 bits per heavy atom. The van der Waals surface area contributed by atoms with Crippen molar-refractivity contribution in [1.29, 1.82) is 0 Å². The SMILES string of the molecule is C[C@@H]1CN(c2ccccc2NC(=O)N2CCCC2)C[C@H](C)O1. The molecule has 0 radical (unpaired) electrons. The zero-order chi connectivity index (χ0) is 15.5. The lowest BCUT2D eigenvalue weighted by Gasteiger charge is -2.37. The largest absolute Gasteiger partial charge is 0.372 e. The van der Waals surface area contributed by atoms with E-state index in [1.807, 2.05) is 23.1 Å². The fourth-order valence-electron chi connectivity index (χ4n) is 3.34. The number of anilines is 2. The van der Waals surface area contributed by atoms with Gasteiger partial charge in [-0.15, -0.1) is 0 Å². The van der Waals surface area contributed by atoms with Gasteiger partial charge in [0.15, 0.2) is 0 Å². The van der Waals surface area contributed by atoms with Gasteiger partial charge < -0.3 is 19.9 Å². The first-order chi connectivity index (χ1) is 10.6. The second kappa shape index (κ2) is 6.57. The van der Waals surface area contributed by atoms with Crippen molar-refractivity contribution in [2.24, 2.45) is 0 Å². The van der Waals surface area contributed by atoms with Gasteiger partial charge >= 0.3 is 6.03 Å². The van der Waals surface area contributed by atoms with Gasteiger partial charge in [-0.2, -0.15) is 0 Å². The Bertz CT molecular complexity index is 518. The van der Waals surface area contributed by atoms with Gasteiger partial charge in [0, 0.05) is 26.2 Å². The standard InChI is InChI=1S/C17H25N3O2/c1-13-11-20(12-14(2)22-13)16-8-4-3-7-15(16)18-17(21)19-9-5-6-10-19/h3-4,7-8,13-14H,5-6,9-12H2,1-2H3,(H,18,21)/t13-,14+. The third-order valence-electron chi connectivity index (χ3n) is 4.30. The van der Waals surface area contributed by atoms with E-state index < -0.39 is 0 Å². The van der Waals surface area contributed by atoms with E-state index in [-0.39, 0.29) is 18.2 Å². The van der Waals surface area contributed by atoms with Crippen LogP contribution in [0.4, 0.5) is 16.2 Å². The van der Waals surface area contributed by atoms with Crippen LogP contribution in [0.25, 0.3) is 0 Å². The second-order valence-corrected chi connectivity index (χ2v) is 6.30. The summed E-state index contributed by atoms with van der Waals surface area (Å²) in [5.41, 5.74) is 1.97. The van der Waals surface area contributed by atoms with E-state index in [0.717, 1.165) is 50.4 Å². The van der Waals surface area contributed by atoms with Crippen LogP contribution in [0.1, 0.15) is 26.7 Å². The zero-order valence-electron chi connectivity index (χ0n) is 13.4. The highest BCUT2D eigenvalue weighted by molar-refractivity contribution is 5.93. The summed E-state index contributed by atoms with van der Waals surface area (Å²) < 4.78 is 5.80. The Balaban J connectivity index is 1.76. The minimum absolute atomic E-state index is 0.0132. The highest BCUT2D eigenvalue weighted by Gasteiger charge is 2.25. The number of nitrogens with zero attached hydrogens (tertiary/aromatic N) is 2. The van der Waals surface area contributed by atoms with Crippen molar-refractivity contribution in [3.05, 3.63) is 24.3 Å². The number of likely N-dealkylation sites (tertiary alicyclic amines) is 1. The molecule has 2 aliphatic rings. The molecule has 1 aromatic rings. The summed E-state index contributed by atoms with van der Waals surface area (Å²) in [4.78, 5) is 16.5. The lowest BCUT2D eigenvalue weighted by molar-refractivity contribution is -0.00517. The number of carbonyl (C=O) groups is 1. The van der Waals surface area contributed by atoms with E-state index in [0.29, 0.717) is 0 Å². The lowest BCUT2D eigenvalue weighted by Crippen LogP contribution is -2.46. The van der Waals surface area contributed by atoms with E-state index in [4.69, 9.17) is 4.74 Å². The number of hydrogen-bond donors (Lipinski definition) is 1. The number of rotatable bonds is 2. The van der Waals surface area contributed by atoms with Gasteiger partial charge in [-0.1, -0.05) is 12.1 Å². The topological polar surface area (TPSA) is 44.8 Å². The zero-order valence-corrected chi connectivity index (χ0v) is 13.4. The Labute approximate surface area is 132 Å². The maximum atomic E-state index is 12.4. The van der Waals surface area contributed by atoms with Crippen molar-refractivity contribution in [2.45, 2.75) is 38.9 Å². The predicted octanol–water partition coefficient (Wildman–Crippen LogP) is 2.93. The van der Waals surface area contributed by atoms with E-state index >= 15 is 0 Å². The van der Waals surface area contributed by atoms with Crippen LogP contribution < -0.4 is 10.2 Å². The molecule has 0 bridgehead atoms. The molecule has 0 saturated carbocycles. The summed E-state index contributed by atoms with van der Waals surface area (Å²) in [6.07, 6.45) is 2.61. The fourth-order valence-corrected chi connectivity index (χ4v) is 3.34. The number of para-hydroxylation sites is 2. The predicted molar refractivity (Wildman–Crippen MR) is 88.5 cm³/mol. The number of amides is 2. The molecule has 2 atom stereocenters. The van der Waals surface area contributed by atoms with Gasteiger partial charge in [0.1, 0.15) is 0 Å². The number of morpholine rings is 1. The molecule has 0 aliphatic carbocycles. The first-order valence-electron chi connectivity index (χ1n) is 8.19. The Morgan fingerprint density at radius 1 is 1.14 bits per heavy atom. The number of ether oxygens (including phenoxy) is 1. The monoisotopic (exact) mass is 303 g/mol. The van der Waals surface area contributed by atoms with Crippen LogP contribution in [0.2, 0.25) is 0 Å². The van der Waals surface area contributed by atoms with Crippen molar-refractivity contribution in [3.8, 4) is 0 Å². The molecule has 0 aromatic heterocycles. The average Bonchev–Trinajstić information content (AvgIpc) is 3.01. The molecule has 0 spiro atoms. The molecular formula is C17H25N3O2. The third-order valence-corrected chi connectivity index (χ3v) is 4.30. The minimum atomic E-state index is 0.0132.